The van der Waals surface area contributed by atoms with Gasteiger partial charge < -0.3 is 10.1 Å². The SMILES string of the molecule is Clc1ccc(C2(C3NCCc4ccc(OCCN5CCCC5)cc43)CCC2)cc1. The molecule has 0 aromatic heterocycles. The van der Waals surface area contributed by atoms with Gasteiger partial charge in [-0.1, -0.05) is 36.2 Å². The lowest BCUT2D eigenvalue weighted by atomic mass is 9.58. The highest BCUT2D eigenvalue weighted by atomic mass is 35.5. The molecule has 1 aliphatic carbocycles. The number of fused-ring (bicyclic) bond motifs is 1. The van der Waals surface area contributed by atoms with Gasteiger partial charge in [-0.25, -0.2) is 0 Å². The number of hydrogen-bond acceptors (Lipinski definition) is 3. The van der Waals surface area contributed by atoms with Gasteiger partial charge in [-0.2, -0.15) is 0 Å². The van der Waals surface area contributed by atoms with Crippen LogP contribution in [0, 0.1) is 0 Å². The zero-order valence-corrected chi connectivity index (χ0v) is 17.9. The fraction of sp³-hybridized carbons (Fsp3) is 0.520. The van der Waals surface area contributed by atoms with E-state index >= 15 is 0 Å². The molecule has 2 fully saturated rings. The summed E-state index contributed by atoms with van der Waals surface area (Å²) in [4.78, 5) is 2.51. The van der Waals surface area contributed by atoms with E-state index in [0.29, 0.717) is 6.04 Å². The van der Waals surface area contributed by atoms with Crippen LogP contribution in [0.5, 0.6) is 5.75 Å². The Labute approximate surface area is 179 Å². The number of halogens is 1. The molecular weight excluding hydrogens is 380 g/mol. The molecule has 154 valence electrons. The topological polar surface area (TPSA) is 24.5 Å². The van der Waals surface area contributed by atoms with Crippen LogP contribution in [-0.2, 0) is 11.8 Å². The number of hydrogen-bond donors (Lipinski definition) is 1. The van der Waals surface area contributed by atoms with E-state index in [1.165, 1.54) is 61.9 Å². The van der Waals surface area contributed by atoms with E-state index in [2.05, 4.69) is 40.5 Å². The summed E-state index contributed by atoms with van der Waals surface area (Å²) in [7, 11) is 0. The largest absolute Gasteiger partial charge is 0.492 e. The molecular formula is C25H31ClN2O. The van der Waals surface area contributed by atoms with Gasteiger partial charge in [-0.05, 0) is 92.7 Å². The van der Waals surface area contributed by atoms with E-state index in [1.807, 2.05) is 12.1 Å². The van der Waals surface area contributed by atoms with Gasteiger partial charge in [0.05, 0.1) is 0 Å². The number of nitrogens with zero attached hydrogens (tertiary/aromatic N) is 1. The summed E-state index contributed by atoms with van der Waals surface area (Å²) in [5, 5.41) is 4.68. The van der Waals surface area contributed by atoms with E-state index in [4.69, 9.17) is 16.3 Å². The molecule has 2 heterocycles. The third-order valence-electron chi connectivity index (χ3n) is 7.26. The minimum atomic E-state index is 0.175. The quantitative estimate of drug-likeness (QED) is 0.714. The lowest BCUT2D eigenvalue weighted by Gasteiger charge is -2.50. The summed E-state index contributed by atoms with van der Waals surface area (Å²) in [5.74, 6) is 1.02. The zero-order chi connectivity index (χ0) is 19.7. The van der Waals surface area contributed by atoms with Crippen LogP contribution in [0.25, 0.3) is 0 Å². The number of ether oxygens (including phenoxy) is 1. The molecule has 3 aliphatic rings. The molecule has 0 radical (unpaired) electrons. The van der Waals surface area contributed by atoms with Crippen molar-refractivity contribution in [3.8, 4) is 5.75 Å². The van der Waals surface area contributed by atoms with E-state index in [-0.39, 0.29) is 5.41 Å². The van der Waals surface area contributed by atoms with Gasteiger partial charge in [0.2, 0.25) is 0 Å². The van der Waals surface area contributed by atoms with Crippen molar-refractivity contribution >= 4 is 11.6 Å². The Morgan fingerprint density at radius 2 is 1.83 bits per heavy atom. The van der Waals surface area contributed by atoms with E-state index in [9.17, 15) is 0 Å². The van der Waals surface area contributed by atoms with Crippen LogP contribution < -0.4 is 10.1 Å². The first-order valence-electron chi connectivity index (χ1n) is 11.2. The smallest absolute Gasteiger partial charge is 0.119 e. The molecule has 29 heavy (non-hydrogen) atoms. The Kier molecular flexibility index (Phi) is 5.55. The van der Waals surface area contributed by atoms with Crippen LogP contribution in [0.3, 0.4) is 0 Å². The summed E-state index contributed by atoms with van der Waals surface area (Å²) >= 11 is 6.17. The summed E-state index contributed by atoms with van der Waals surface area (Å²) in [6, 6.07) is 15.7. The fourth-order valence-electron chi connectivity index (χ4n) is 5.50. The van der Waals surface area contributed by atoms with Gasteiger partial charge in [0.15, 0.2) is 0 Å². The van der Waals surface area contributed by atoms with Crippen LogP contribution in [0.15, 0.2) is 42.5 Å². The molecule has 1 N–H and O–H groups in total. The highest BCUT2D eigenvalue weighted by Crippen LogP contribution is 2.53. The van der Waals surface area contributed by atoms with E-state index in [1.54, 1.807) is 0 Å². The van der Waals surface area contributed by atoms with Gasteiger partial charge in [0.25, 0.3) is 0 Å². The average Bonchev–Trinajstić information content (AvgIpc) is 3.22. The maximum absolute atomic E-state index is 6.18. The van der Waals surface area contributed by atoms with Crippen molar-refractivity contribution in [3.05, 3.63) is 64.2 Å². The van der Waals surface area contributed by atoms with Crippen molar-refractivity contribution in [1.29, 1.82) is 0 Å². The molecule has 2 aromatic carbocycles. The van der Waals surface area contributed by atoms with Gasteiger partial charge in [0.1, 0.15) is 12.4 Å². The minimum Gasteiger partial charge on any atom is -0.492 e. The summed E-state index contributed by atoms with van der Waals surface area (Å²) < 4.78 is 6.18. The summed E-state index contributed by atoms with van der Waals surface area (Å²) in [6.07, 6.45) is 7.51. The molecule has 5 rings (SSSR count). The Morgan fingerprint density at radius 1 is 1.03 bits per heavy atom. The molecule has 2 aliphatic heterocycles. The molecule has 0 spiro atoms. The molecule has 0 amide bonds. The molecule has 1 saturated carbocycles. The zero-order valence-electron chi connectivity index (χ0n) is 17.1. The average molecular weight is 411 g/mol. The molecule has 2 aromatic rings. The van der Waals surface area contributed by atoms with Crippen LogP contribution in [0.2, 0.25) is 5.02 Å². The van der Waals surface area contributed by atoms with Gasteiger partial charge in [-0.3, -0.25) is 4.90 Å². The lowest BCUT2D eigenvalue weighted by Crippen LogP contribution is -2.49. The van der Waals surface area contributed by atoms with Crippen LogP contribution in [0.4, 0.5) is 0 Å². The monoisotopic (exact) mass is 410 g/mol. The molecule has 1 saturated heterocycles. The maximum atomic E-state index is 6.18. The molecule has 1 unspecified atom stereocenters. The second-order valence-electron chi connectivity index (χ2n) is 8.91. The highest BCUT2D eigenvalue weighted by Gasteiger charge is 2.47. The van der Waals surface area contributed by atoms with Crippen molar-refractivity contribution in [2.75, 3.05) is 32.8 Å². The Balaban J connectivity index is 1.38. The number of benzene rings is 2. The molecule has 1 atom stereocenters. The van der Waals surface area contributed by atoms with E-state index in [0.717, 1.165) is 36.9 Å². The lowest BCUT2D eigenvalue weighted by molar-refractivity contribution is 0.164. The predicted octanol–water partition coefficient (Wildman–Crippen LogP) is 5.12. The van der Waals surface area contributed by atoms with E-state index < -0.39 is 0 Å². The first-order chi connectivity index (χ1) is 14.2. The molecule has 3 nitrogen and oxygen atoms in total. The second kappa shape index (κ2) is 8.29. The molecule has 0 bridgehead atoms. The summed E-state index contributed by atoms with van der Waals surface area (Å²) in [6.45, 7) is 5.31. The van der Waals surface area contributed by atoms with Gasteiger partial charge in [-0.15, -0.1) is 0 Å². The second-order valence-corrected chi connectivity index (χ2v) is 9.35. The Morgan fingerprint density at radius 3 is 2.55 bits per heavy atom. The van der Waals surface area contributed by atoms with Crippen molar-refractivity contribution in [3.63, 3.8) is 0 Å². The van der Waals surface area contributed by atoms with Crippen LogP contribution >= 0.6 is 11.6 Å². The van der Waals surface area contributed by atoms with Crippen LogP contribution in [0.1, 0.15) is 54.8 Å². The Hall–Kier alpha value is -1.55. The highest BCUT2D eigenvalue weighted by molar-refractivity contribution is 6.30. The first-order valence-corrected chi connectivity index (χ1v) is 11.6. The first kappa shape index (κ1) is 19.4. The third-order valence-corrected chi connectivity index (χ3v) is 7.52. The number of nitrogens with one attached hydrogen (secondary N) is 1. The van der Waals surface area contributed by atoms with Crippen molar-refractivity contribution in [2.24, 2.45) is 0 Å². The van der Waals surface area contributed by atoms with Crippen molar-refractivity contribution in [1.82, 2.24) is 10.2 Å². The minimum absolute atomic E-state index is 0.175. The standard InChI is InChI=1S/C25H31ClN2O/c26-21-7-5-20(6-8-21)25(11-3-12-25)24-23-18-22(9-4-19(23)10-13-27-24)29-17-16-28-14-1-2-15-28/h4-9,18,24,27H,1-3,10-17H2. The van der Waals surface area contributed by atoms with Crippen molar-refractivity contribution in [2.45, 2.75) is 50.0 Å². The number of rotatable bonds is 6. The normalized spacial score (nSPS) is 23.4. The van der Waals surface area contributed by atoms with Gasteiger partial charge >= 0.3 is 0 Å². The Bertz CT molecular complexity index is 840. The molecule has 4 heteroatoms. The van der Waals surface area contributed by atoms with Crippen LogP contribution in [-0.4, -0.2) is 37.7 Å². The third kappa shape index (κ3) is 3.81. The van der Waals surface area contributed by atoms with Crippen molar-refractivity contribution < 1.29 is 4.74 Å². The predicted molar refractivity (Wildman–Crippen MR) is 119 cm³/mol. The summed E-state index contributed by atoms with van der Waals surface area (Å²) in [5.41, 5.74) is 4.50. The van der Waals surface area contributed by atoms with Gasteiger partial charge in [0, 0.05) is 23.0 Å². The fourth-order valence-corrected chi connectivity index (χ4v) is 5.62. The number of likely N-dealkylation sites (tertiary alicyclic amines) is 1. The maximum Gasteiger partial charge on any atom is 0.119 e.